The second-order valence-electron chi connectivity index (χ2n) is 12.1. The fourth-order valence-electron chi connectivity index (χ4n) is 8.27. The number of carbonyl (C=O) groups is 1. The molecule has 0 amide bonds. The molecule has 5 heteroatoms. The van der Waals surface area contributed by atoms with Crippen LogP contribution in [0.3, 0.4) is 0 Å². The van der Waals surface area contributed by atoms with Gasteiger partial charge < -0.3 is 14.6 Å². The first-order valence-corrected chi connectivity index (χ1v) is 14.8. The monoisotopic (exact) mass is 485 g/mol. The molecule has 0 aromatic heterocycles. The van der Waals surface area contributed by atoms with Crippen molar-refractivity contribution in [3.8, 4) is 0 Å². The first kappa shape index (κ1) is 25.4. The van der Waals surface area contributed by atoms with Crippen molar-refractivity contribution in [1.29, 1.82) is 0 Å². The molecule has 1 aliphatic heterocycles. The molecule has 0 aromatic carbocycles. The van der Waals surface area contributed by atoms with E-state index in [1.54, 1.807) is 0 Å². The van der Waals surface area contributed by atoms with E-state index in [9.17, 15) is 4.79 Å². The number of hydrogen-bond acceptors (Lipinski definition) is 5. The maximum Gasteiger partial charge on any atom is 0.187 e. The third kappa shape index (κ3) is 5.14. The Balaban J connectivity index is 1.39. The van der Waals surface area contributed by atoms with Crippen LogP contribution in [0.4, 0.5) is 0 Å². The van der Waals surface area contributed by atoms with E-state index in [1.165, 1.54) is 57.8 Å². The summed E-state index contributed by atoms with van der Waals surface area (Å²) in [4.78, 5) is 19.8. The van der Waals surface area contributed by atoms with Crippen LogP contribution in [0.25, 0.3) is 0 Å². The van der Waals surface area contributed by atoms with E-state index in [-0.39, 0.29) is 24.7 Å². The van der Waals surface area contributed by atoms with Gasteiger partial charge in [-0.1, -0.05) is 44.6 Å². The van der Waals surface area contributed by atoms with Crippen molar-refractivity contribution in [1.82, 2.24) is 0 Å². The number of Topliss-reactive ketones (excluding diaryl/α,β-unsaturated/α-hetero) is 1. The fraction of sp³-hybridized carbons (Fsp3) is 0.867. The van der Waals surface area contributed by atoms with Crippen LogP contribution in [-0.4, -0.2) is 47.7 Å². The predicted molar refractivity (Wildman–Crippen MR) is 138 cm³/mol. The molecule has 1 N–H and O–H groups in total. The quantitative estimate of drug-likeness (QED) is 0.337. The number of rotatable bonds is 8. The average Bonchev–Trinajstić information content (AvgIpc) is 3.28. The van der Waals surface area contributed by atoms with Crippen LogP contribution in [0.2, 0.25) is 0 Å². The van der Waals surface area contributed by atoms with Crippen LogP contribution in [0, 0.1) is 29.6 Å². The summed E-state index contributed by atoms with van der Waals surface area (Å²) in [5, 5.41) is 9.04. The van der Waals surface area contributed by atoms with Crippen molar-refractivity contribution in [3.05, 3.63) is 12.7 Å². The number of aliphatic hydroxyl groups is 1. The van der Waals surface area contributed by atoms with Gasteiger partial charge in [-0.15, -0.1) is 6.58 Å². The third-order valence-electron chi connectivity index (χ3n) is 10.0. The van der Waals surface area contributed by atoms with Gasteiger partial charge in [0.05, 0.1) is 6.10 Å². The number of ether oxygens (including phenoxy) is 2. The number of fused-ring (bicyclic) bond motifs is 1. The maximum atomic E-state index is 14.4. The Morgan fingerprint density at radius 1 is 1.00 bits per heavy atom. The SMILES string of the molecule is C=CCC1C(=O)[C@]2(CC3CCCCC31)N=C(C1CCC(OCCCO)CC1)O[C@@H]2C1CCCCC1. The summed E-state index contributed by atoms with van der Waals surface area (Å²) >= 11 is 0. The number of aliphatic hydroxyl groups excluding tert-OH is 1. The van der Waals surface area contributed by atoms with Crippen molar-refractivity contribution in [2.75, 3.05) is 13.2 Å². The van der Waals surface area contributed by atoms with Crippen LogP contribution >= 0.6 is 0 Å². The van der Waals surface area contributed by atoms with E-state index >= 15 is 0 Å². The average molecular weight is 486 g/mol. The maximum absolute atomic E-state index is 14.4. The van der Waals surface area contributed by atoms with Gasteiger partial charge in [-0.2, -0.15) is 0 Å². The highest BCUT2D eigenvalue weighted by Gasteiger charge is 2.62. The van der Waals surface area contributed by atoms with Crippen LogP contribution in [0.1, 0.15) is 103 Å². The molecule has 196 valence electrons. The molecule has 35 heavy (non-hydrogen) atoms. The van der Waals surface area contributed by atoms with Gasteiger partial charge in [-0.3, -0.25) is 4.79 Å². The molecule has 4 saturated carbocycles. The smallest absolute Gasteiger partial charge is 0.187 e. The van der Waals surface area contributed by atoms with Crippen LogP contribution in [0.15, 0.2) is 17.6 Å². The van der Waals surface area contributed by atoms with E-state index in [1.807, 2.05) is 6.08 Å². The van der Waals surface area contributed by atoms with Crippen molar-refractivity contribution < 1.29 is 19.4 Å². The molecular weight excluding hydrogens is 438 g/mol. The van der Waals surface area contributed by atoms with E-state index in [2.05, 4.69) is 6.58 Å². The standard InChI is InChI=1S/C30H47NO4/c1-2-9-26-25-13-7-6-12-23(25)20-30(27(26)33)28(21-10-4-3-5-11-21)35-29(31-30)22-14-16-24(17-15-22)34-19-8-18-32/h2,21-26,28,32H,1,3-20H2/t22?,23?,24?,25?,26?,28-,30+/m1/s1. The lowest BCUT2D eigenvalue weighted by atomic mass is 9.56. The second kappa shape index (κ2) is 11.5. The summed E-state index contributed by atoms with van der Waals surface area (Å²) in [7, 11) is 0. The van der Waals surface area contributed by atoms with Gasteiger partial charge >= 0.3 is 0 Å². The Kier molecular flexibility index (Phi) is 8.33. The van der Waals surface area contributed by atoms with E-state index < -0.39 is 5.54 Å². The Morgan fingerprint density at radius 2 is 1.71 bits per heavy atom. The molecule has 1 heterocycles. The molecule has 3 unspecified atom stereocenters. The highest BCUT2D eigenvalue weighted by atomic mass is 16.5. The van der Waals surface area contributed by atoms with E-state index in [4.69, 9.17) is 19.6 Å². The molecule has 5 rings (SSSR count). The minimum atomic E-state index is -0.655. The second-order valence-corrected chi connectivity index (χ2v) is 12.1. The molecule has 5 atom stereocenters. The Bertz CT molecular complexity index is 766. The molecular formula is C30H47NO4. The highest BCUT2D eigenvalue weighted by molar-refractivity contribution is 5.97. The summed E-state index contributed by atoms with van der Waals surface area (Å²) < 4.78 is 12.8. The predicted octanol–water partition coefficient (Wildman–Crippen LogP) is 6.03. The van der Waals surface area contributed by atoms with Gasteiger partial charge in [0, 0.05) is 25.0 Å². The number of hydrogen-bond donors (Lipinski definition) is 1. The molecule has 1 spiro atoms. The zero-order valence-electron chi connectivity index (χ0n) is 21.7. The van der Waals surface area contributed by atoms with Crippen LogP contribution in [0.5, 0.6) is 0 Å². The summed E-state index contributed by atoms with van der Waals surface area (Å²) in [6.45, 7) is 4.85. The first-order chi connectivity index (χ1) is 17.2. The topological polar surface area (TPSA) is 68.1 Å². The van der Waals surface area contributed by atoms with Crippen molar-refractivity contribution in [2.45, 2.75) is 120 Å². The Morgan fingerprint density at radius 3 is 2.46 bits per heavy atom. The van der Waals surface area contributed by atoms with Gasteiger partial charge in [0.1, 0.15) is 6.10 Å². The van der Waals surface area contributed by atoms with Crippen molar-refractivity contribution in [2.24, 2.45) is 34.6 Å². The molecule has 0 radical (unpaired) electrons. The zero-order valence-corrected chi connectivity index (χ0v) is 21.7. The molecule has 4 fully saturated rings. The van der Waals surface area contributed by atoms with Gasteiger partial charge in [-0.25, -0.2) is 4.99 Å². The van der Waals surface area contributed by atoms with Crippen LogP contribution < -0.4 is 0 Å². The Hall–Kier alpha value is -1.20. The zero-order chi connectivity index (χ0) is 24.3. The molecule has 0 bridgehead atoms. The highest BCUT2D eigenvalue weighted by Crippen LogP contribution is 2.54. The lowest BCUT2D eigenvalue weighted by Crippen LogP contribution is -2.59. The number of carbonyl (C=O) groups excluding carboxylic acids is 1. The minimum Gasteiger partial charge on any atom is -0.474 e. The summed E-state index contributed by atoms with van der Waals surface area (Å²) in [6.07, 6.45) is 19.8. The fourth-order valence-corrected chi connectivity index (χ4v) is 8.27. The molecule has 0 aromatic rings. The number of aliphatic imine (C=N–C) groups is 1. The molecule has 4 aliphatic carbocycles. The summed E-state index contributed by atoms with van der Waals surface area (Å²) in [5.41, 5.74) is -0.655. The lowest BCUT2D eigenvalue weighted by Gasteiger charge is -2.49. The largest absolute Gasteiger partial charge is 0.474 e. The van der Waals surface area contributed by atoms with Gasteiger partial charge in [-0.05, 0) is 82.0 Å². The van der Waals surface area contributed by atoms with Gasteiger partial charge in [0.15, 0.2) is 17.2 Å². The van der Waals surface area contributed by atoms with E-state index in [0.29, 0.717) is 42.5 Å². The normalized spacial score (nSPS) is 40.3. The molecule has 0 saturated heterocycles. The third-order valence-corrected chi connectivity index (χ3v) is 10.0. The summed E-state index contributed by atoms with van der Waals surface area (Å²) in [5.74, 6) is 3.23. The van der Waals surface area contributed by atoms with Gasteiger partial charge in [0.25, 0.3) is 0 Å². The lowest BCUT2D eigenvalue weighted by molar-refractivity contribution is -0.142. The molecule has 5 nitrogen and oxygen atoms in total. The van der Waals surface area contributed by atoms with Crippen LogP contribution in [-0.2, 0) is 14.3 Å². The number of nitrogens with zero attached hydrogens (tertiary/aromatic N) is 1. The number of ketones is 1. The van der Waals surface area contributed by atoms with Gasteiger partial charge in [0.2, 0.25) is 0 Å². The Labute approximate surface area is 212 Å². The molecule has 5 aliphatic rings. The minimum absolute atomic E-state index is 0.0565. The van der Waals surface area contributed by atoms with Crippen molar-refractivity contribution >= 4 is 11.7 Å². The first-order valence-electron chi connectivity index (χ1n) is 14.8. The van der Waals surface area contributed by atoms with Crippen molar-refractivity contribution in [3.63, 3.8) is 0 Å². The number of allylic oxidation sites excluding steroid dienone is 1. The summed E-state index contributed by atoms with van der Waals surface area (Å²) in [6, 6.07) is 0. The van der Waals surface area contributed by atoms with E-state index in [0.717, 1.165) is 44.4 Å².